The van der Waals surface area contributed by atoms with Crippen molar-refractivity contribution in [2.45, 2.75) is 26.2 Å². The van der Waals surface area contributed by atoms with Gasteiger partial charge < -0.3 is 14.5 Å². The van der Waals surface area contributed by atoms with Crippen LogP contribution in [0, 0.1) is 5.92 Å². The predicted molar refractivity (Wildman–Crippen MR) is 107 cm³/mol. The Bertz CT molecular complexity index is 774. The highest BCUT2D eigenvalue weighted by atomic mass is 16.5. The van der Waals surface area contributed by atoms with Crippen LogP contribution in [0.2, 0.25) is 0 Å². The molecule has 5 nitrogen and oxygen atoms in total. The van der Waals surface area contributed by atoms with Crippen molar-refractivity contribution in [3.8, 4) is 5.75 Å². The van der Waals surface area contributed by atoms with Crippen LogP contribution in [0.1, 0.15) is 26.2 Å². The molecule has 1 heterocycles. The molecular formula is C22H26N2O3. The number of carbonyl (C=O) groups is 2. The summed E-state index contributed by atoms with van der Waals surface area (Å²) in [6, 6.07) is 17.1. The summed E-state index contributed by atoms with van der Waals surface area (Å²) in [5.41, 5.74) is 1.70. The largest absolute Gasteiger partial charge is 0.497 e. The molecule has 2 amide bonds. The van der Waals surface area contributed by atoms with Crippen molar-refractivity contribution in [1.82, 2.24) is 0 Å². The standard InChI is InChI=1S/C22H26N2O3/c1-3-4-14-23(18-8-6-5-7-9-18)22(26)17-15-21(25)24(16-17)19-10-12-20(27-2)13-11-19/h5-13,17H,3-4,14-16H2,1-2H3. The average molecular weight is 366 g/mol. The molecule has 0 radical (unpaired) electrons. The lowest BCUT2D eigenvalue weighted by atomic mass is 10.1. The van der Waals surface area contributed by atoms with Crippen LogP contribution >= 0.6 is 0 Å². The summed E-state index contributed by atoms with van der Waals surface area (Å²) in [7, 11) is 1.61. The lowest BCUT2D eigenvalue weighted by Crippen LogP contribution is -2.38. The third-order valence-electron chi connectivity index (χ3n) is 4.93. The quantitative estimate of drug-likeness (QED) is 0.747. The van der Waals surface area contributed by atoms with E-state index in [1.54, 1.807) is 12.0 Å². The van der Waals surface area contributed by atoms with Gasteiger partial charge in [-0.15, -0.1) is 0 Å². The van der Waals surface area contributed by atoms with Gasteiger partial charge >= 0.3 is 0 Å². The highest BCUT2D eigenvalue weighted by Crippen LogP contribution is 2.29. The van der Waals surface area contributed by atoms with Gasteiger partial charge in [0.15, 0.2) is 0 Å². The lowest BCUT2D eigenvalue weighted by Gasteiger charge is -2.26. The van der Waals surface area contributed by atoms with Crippen molar-refractivity contribution in [3.63, 3.8) is 0 Å². The normalized spacial score (nSPS) is 16.4. The van der Waals surface area contributed by atoms with E-state index in [-0.39, 0.29) is 24.2 Å². The minimum Gasteiger partial charge on any atom is -0.497 e. The molecule has 2 aromatic rings. The molecule has 3 rings (SSSR count). The molecule has 1 fully saturated rings. The van der Waals surface area contributed by atoms with Crippen molar-refractivity contribution in [1.29, 1.82) is 0 Å². The number of hydrogen-bond acceptors (Lipinski definition) is 3. The first kappa shape index (κ1) is 19.0. The molecule has 1 aliphatic rings. The van der Waals surface area contributed by atoms with Crippen molar-refractivity contribution in [3.05, 3.63) is 54.6 Å². The molecule has 0 saturated carbocycles. The third-order valence-corrected chi connectivity index (χ3v) is 4.93. The van der Waals surface area contributed by atoms with E-state index in [2.05, 4.69) is 6.92 Å². The van der Waals surface area contributed by atoms with Crippen molar-refractivity contribution in [2.24, 2.45) is 5.92 Å². The van der Waals surface area contributed by atoms with Crippen LogP contribution in [-0.4, -0.2) is 32.0 Å². The van der Waals surface area contributed by atoms with E-state index < -0.39 is 0 Å². The number of benzene rings is 2. The lowest BCUT2D eigenvalue weighted by molar-refractivity contribution is -0.124. The monoisotopic (exact) mass is 366 g/mol. The Morgan fingerprint density at radius 2 is 1.85 bits per heavy atom. The molecule has 0 aliphatic carbocycles. The van der Waals surface area contributed by atoms with E-state index in [4.69, 9.17) is 4.74 Å². The van der Waals surface area contributed by atoms with Gasteiger partial charge in [0.1, 0.15) is 5.75 Å². The van der Waals surface area contributed by atoms with Gasteiger partial charge in [0, 0.05) is 30.9 Å². The van der Waals surface area contributed by atoms with Gasteiger partial charge in [0.05, 0.1) is 13.0 Å². The highest BCUT2D eigenvalue weighted by molar-refractivity contribution is 6.04. The Morgan fingerprint density at radius 1 is 1.15 bits per heavy atom. The van der Waals surface area contributed by atoms with Crippen molar-refractivity contribution < 1.29 is 14.3 Å². The average Bonchev–Trinajstić information content (AvgIpc) is 3.10. The second-order valence-electron chi connectivity index (χ2n) is 6.78. The van der Waals surface area contributed by atoms with Crippen LogP contribution in [0.5, 0.6) is 5.75 Å². The Labute approximate surface area is 160 Å². The number of anilines is 2. The van der Waals surface area contributed by atoms with Gasteiger partial charge in [0.25, 0.3) is 0 Å². The summed E-state index contributed by atoms with van der Waals surface area (Å²) in [5.74, 6) is 0.436. The minimum atomic E-state index is -0.323. The fourth-order valence-corrected chi connectivity index (χ4v) is 3.40. The molecule has 27 heavy (non-hydrogen) atoms. The minimum absolute atomic E-state index is 0.0120. The Balaban J connectivity index is 1.76. The first-order valence-corrected chi connectivity index (χ1v) is 9.45. The number of hydrogen-bond donors (Lipinski definition) is 0. The van der Waals surface area contributed by atoms with E-state index in [1.165, 1.54) is 0 Å². The molecule has 0 N–H and O–H groups in total. The Morgan fingerprint density at radius 3 is 2.48 bits per heavy atom. The molecular weight excluding hydrogens is 340 g/mol. The van der Waals surface area contributed by atoms with Gasteiger partial charge in [-0.2, -0.15) is 0 Å². The summed E-state index contributed by atoms with van der Waals surface area (Å²) >= 11 is 0. The fourth-order valence-electron chi connectivity index (χ4n) is 3.40. The molecule has 0 spiro atoms. The topological polar surface area (TPSA) is 49.9 Å². The van der Waals surface area contributed by atoms with Crippen LogP contribution < -0.4 is 14.5 Å². The van der Waals surface area contributed by atoms with Crippen LogP contribution in [0.25, 0.3) is 0 Å². The number of nitrogens with zero attached hydrogens (tertiary/aromatic N) is 2. The maximum Gasteiger partial charge on any atom is 0.232 e. The SMILES string of the molecule is CCCCN(C(=O)C1CC(=O)N(c2ccc(OC)cc2)C1)c1ccccc1. The third kappa shape index (κ3) is 4.30. The molecule has 142 valence electrons. The predicted octanol–water partition coefficient (Wildman–Crippen LogP) is 3.88. The molecule has 1 aliphatic heterocycles. The number of carbonyl (C=O) groups excluding carboxylic acids is 2. The van der Waals surface area contributed by atoms with Crippen LogP contribution in [0.4, 0.5) is 11.4 Å². The summed E-state index contributed by atoms with van der Waals surface area (Å²) in [6.45, 7) is 3.20. The zero-order valence-corrected chi connectivity index (χ0v) is 15.9. The molecule has 2 aromatic carbocycles. The number of ether oxygens (including phenoxy) is 1. The number of unbranched alkanes of at least 4 members (excludes halogenated alkanes) is 1. The van der Waals surface area contributed by atoms with Gasteiger partial charge in [-0.1, -0.05) is 31.5 Å². The second kappa shape index (κ2) is 8.71. The van der Waals surface area contributed by atoms with Gasteiger partial charge in [0.2, 0.25) is 11.8 Å². The van der Waals surface area contributed by atoms with Crippen molar-refractivity contribution >= 4 is 23.2 Å². The van der Waals surface area contributed by atoms with Gasteiger partial charge in [-0.3, -0.25) is 9.59 Å². The number of methoxy groups -OCH3 is 1. The van der Waals surface area contributed by atoms with Crippen LogP contribution in [-0.2, 0) is 9.59 Å². The van der Waals surface area contributed by atoms with E-state index >= 15 is 0 Å². The van der Waals surface area contributed by atoms with E-state index in [0.29, 0.717) is 13.1 Å². The summed E-state index contributed by atoms with van der Waals surface area (Å²) in [5, 5.41) is 0. The molecule has 1 saturated heterocycles. The molecule has 5 heteroatoms. The van der Waals surface area contributed by atoms with E-state index in [0.717, 1.165) is 30.0 Å². The fraction of sp³-hybridized carbons (Fsp3) is 0.364. The van der Waals surface area contributed by atoms with Crippen LogP contribution in [0.15, 0.2) is 54.6 Å². The van der Waals surface area contributed by atoms with Gasteiger partial charge in [-0.25, -0.2) is 0 Å². The van der Waals surface area contributed by atoms with E-state index in [9.17, 15) is 9.59 Å². The zero-order valence-electron chi connectivity index (χ0n) is 15.9. The molecule has 0 bridgehead atoms. The molecule has 1 atom stereocenters. The Hall–Kier alpha value is -2.82. The first-order chi connectivity index (χ1) is 13.1. The Kier molecular flexibility index (Phi) is 6.12. The van der Waals surface area contributed by atoms with E-state index in [1.807, 2.05) is 59.5 Å². The maximum atomic E-state index is 13.2. The summed E-state index contributed by atoms with van der Waals surface area (Å²) < 4.78 is 5.17. The number of para-hydroxylation sites is 1. The van der Waals surface area contributed by atoms with Crippen molar-refractivity contribution in [2.75, 3.05) is 30.0 Å². The molecule has 0 aromatic heterocycles. The smallest absolute Gasteiger partial charge is 0.232 e. The maximum absolute atomic E-state index is 13.2. The first-order valence-electron chi connectivity index (χ1n) is 9.45. The van der Waals surface area contributed by atoms with Crippen LogP contribution in [0.3, 0.4) is 0 Å². The number of amides is 2. The van der Waals surface area contributed by atoms with Gasteiger partial charge in [-0.05, 0) is 42.8 Å². The highest BCUT2D eigenvalue weighted by Gasteiger charge is 2.37. The zero-order chi connectivity index (χ0) is 19.2. The second-order valence-corrected chi connectivity index (χ2v) is 6.78. The summed E-state index contributed by atoms with van der Waals surface area (Å²) in [4.78, 5) is 29.3. The number of rotatable bonds is 7. The molecule has 1 unspecified atom stereocenters. The summed E-state index contributed by atoms with van der Waals surface area (Å²) in [6.07, 6.45) is 2.20.